The maximum Gasteiger partial charge on any atom is 0.127 e. The summed E-state index contributed by atoms with van der Waals surface area (Å²) in [6.45, 7) is 2.68. The molecule has 4 heteroatoms. The lowest BCUT2D eigenvalue weighted by Crippen LogP contribution is -2.51. The molecule has 1 fully saturated rings. The summed E-state index contributed by atoms with van der Waals surface area (Å²) in [5, 5.41) is 0. The zero-order valence-electron chi connectivity index (χ0n) is 12.7. The van der Waals surface area contributed by atoms with Gasteiger partial charge in [0.15, 0.2) is 0 Å². The van der Waals surface area contributed by atoms with E-state index in [9.17, 15) is 4.39 Å². The molecule has 0 bridgehead atoms. The van der Waals surface area contributed by atoms with Crippen molar-refractivity contribution in [1.82, 2.24) is 0 Å². The van der Waals surface area contributed by atoms with Gasteiger partial charge in [0.25, 0.3) is 0 Å². The van der Waals surface area contributed by atoms with Crippen molar-refractivity contribution in [2.75, 3.05) is 6.61 Å². The number of nitrogens with two attached hydrogens (primary N) is 1. The van der Waals surface area contributed by atoms with Gasteiger partial charge in [-0.1, -0.05) is 47.7 Å². The van der Waals surface area contributed by atoms with E-state index in [0.29, 0.717) is 18.6 Å². The maximum atomic E-state index is 14.0. The van der Waals surface area contributed by atoms with Gasteiger partial charge in [-0.25, -0.2) is 4.39 Å². The summed E-state index contributed by atoms with van der Waals surface area (Å²) in [4.78, 5) is 0. The summed E-state index contributed by atoms with van der Waals surface area (Å²) in [6.07, 6.45) is 7.29. The summed E-state index contributed by atoms with van der Waals surface area (Å²) in [7, 11) is 0. The van der Waals surface area contributed by atoms with Crippen LogP contribution in [-0.2, 0) is 11.2 Å². The molecule has 1 aliphatic rings. The van der Waals surface area contributed by atoms with Crippen LogP contribution in [-0.4, -0.2) is 18.2 Å². The van der Waals surface area contributed by atoms with Gasteiger partial charge in [0, 0.05) is 17.1 Å². The summed E-state index contributed by atoms with van der Waals surface area (Å²) >= 11 is 3.29. The highest BCUT2D eigenvalue weighted by Crippen LogP contribution is 2.34. The summed E-state index contributed by atoms with van der Waals surface area (Å²) in [5.74, 6) is -0.194. The smallest absolute Gasteiger partial charge is 0.127 e. The average molecular weight is 358 g/mol. The maximum absolute atomic E-state index is 14.0. The molecule has 2 nitrogen and oxygen atoms in total. The minimum absolute atomic E-state index is 0.161. The van der Waals surface area contributed by atoms with Gasteiger partial charge < -0.3 is 10.5 Å². The minimum Gasteiger partial charge on any atom is -0.374 e. The Labute approximate surface area is 135 Å². The number of rotatable bonds is 5. The van der Waals surface area contributed by atoms with Gasteiger partial charge in [-0.3, -0.25) is 0 Å². The van der Waals surface area contributed by atoms with Gasteiger partial charge in [0.2, 0.25) is 0 Å². The van der Waals surface area contributed by atoms with Gasteiger partial charge in [0.05, 0.1) is 5.60 Å². The zero-order chi connectivity index (χ0) is 15.3. The van der Waals surface area contributed by atoms with Crippen molar-refractivity contribution in [1.29, 1.82) is 0 Å². The minimum atomic E-state index is -0.287. The molecule has 1 saturated carbocycles. The molecule has 1 atom stereocenters. The topological polar surface area (TPSA) is 35.2 Å². The fourth-order valence-electron chi connectivity index (χ4n) is 3.35. The molecule has 0 amide bonds. The van der Waals surface area contributed by atoms with Gasteiger partial charge in [0.1, 0.15) is 5.82 Å². The van der Waals surface area contributed by atoms with E-state index in [4.69, 9.17) is 10.5 Å². The Bertz CT molecular complexity index is 458. The first kappa shape index (κ1) is 16.9. The molecule has 0 saturated heterocycles. The van der Waals surface area contributed by atoms with Gasteiger partial charge >= 0.3 is 0 Å². The number of ether oxygens (including phenoxy) is 1. The van der Waals surface area contributed by atoms with Crippen molar-refractivity contribution in [3.05, 3.63) is 34.1 Å². The van der Waals surface area contributed by atoms with Gasteiger partial charge in [-0.2, -0.15) is 0 Å². The van der Waals surface area contributed by atoms with Crippen molar-refractivity contribution < 1.29 is 9.13 Å². The summed E-state index contributed by atoms with van der Waals surface area (Å²) in [6, 6.07) is 5.02. The Morgan fingerprint density at radius 1 is 1.29 bits per heavy atom. The average Bonchev–Trinajstić information content (AvgIpc) is 2.69. The third-order valence-electron chi connectivity index (χ3n) is 4.51. The van der Waals surface area contributed by atoms with Crippen molar-refractivity contribution in [3.63, 3.8) is 0 Å². The lowest BCUT2D eigenvalue weighted by atomic mass is 9.83. The van der Waals surface area contributed by atoms with Crippen molar-refractivity contribution >= 4 is 15.9 Å². The van der Waals surface area contributed by atoms with Crippen LogP contribution in [0.1, 0.15) is 51.0 Å². The second-order valence-electron chi connectivity index (χ2n) is 5.96. The van der Waals surface area contributed by atoms with E-state index >= 15 is 0 Å². The number of hydrogen-bond donors (Lipinski definition) is 1. The van der Waals surface area contributed by atoms with Crippen molar-refractivity contribution in [2.24, 2.45) is 5.73 Å². The molecular formula is C17H25BrFNO. The highest BCUT2D eigenvalue weighted by molar-refractivity contribution is 9.10. The van der Waals surface area contributed by atoms with Crippen LogP contribution < -0.4 is 5.73 Å². The fourth-order valence-corrected chi connectivity index (χ4v) is 3.68. The van der Waals surface area contributed by atoms with Crippen LogP contribution in [0.4, 0.5) is 4.39 Å². The molecule has 0 heterocycles. The standard InChI is InChI=1S/C17H25BrFNO/c1-2-21-17(9-5-3-4-6-10-17)16(20)11-13-7-8-14(18)12-15(13)19/h7-8,12,16H,2-6,9-11,20H2,1H3. The highest BCUT2D eigenvalue weighted by atomic mass is 79.9. The number of hydrogen-bond acceptors (Lipinski definition) is 2. The zero-order valence-corrected chi connectivity index (χ0v) is 14.3. The van der Waals surface area contributed by atoms with Crippen LogP contribution >= 0.6 is 15.9 Å². The van der Waals surface area contributed by atoms with Crippen LogP contribution in [0.3, 0.4) is 0 Å². The molecule has 0 aromatic heterocycles. The first-order valence-electron chi connectivity index (χ1n) is 7.91. The molecule has 1 aliphatic carbocycles. The van der Waals surface area contributed by atoms with E-state index in [1.165, 1.54) is 18.9 Å². The molecule has 0 radical (unpaired) electrons. The normalized spacial score (nSPS) is 20.0. The van der Waals surface area contributed by atoms with Gasteiger partial charge in [-0.15, -0.1) is 0 Å². The highest BCUT2D eigenvalue weighted by Gasteiger charge is 2.38. The van der Waals surface area contributed by atoms with E-state index in [1.54, 1.807) is 0 Å². The van der Waals surface area contributed by atoms with E-state index in [2.05, 4.69) is 15.9 Å². The Morgan fingerprint density at radius 3 is 2.52 bits per heavy atom. The predicted molar refractivity (Wildman–Crippen MR) is 87.8 cm³/mol. The first-order chi connectivity index (χ1) is 10.1. The lowest BCUT2D eigenvalue weighted by molar-refractivity contribution is -0.0684. The van der Waals surface area contributed by atoms with Crippen LogP contribution in [0.15, 0.2) is 22.7 Å². The molecule has 0 spiro atoms. The van der Waals surface area contributed by atoms with Crippen LogP contribution in [0.25, 0.3) is 0 Å². The Morgan fingerprint density at radius 2 is 1.95 bits per heavy atom. The number of benzene rings is 1. The van der Waals surface area contributed by atoms with Gasteiger partial charge in [-0.05, 0) is 43.9 Å². The van der Waals surface area contributed by atoms with Crippen molar-refractivity contribution in [2.45, 2.75) is 63.5 Å². The van der Waals surface area contributed by atoms with Crippen LogP contribution in [0, 0.1) is 5.82 Å². The Balaban J connectivity index is 2.15. The lowest BCUT2D eigenvalue weighted by Gasteiger charge is -2.38. The second kappa shape index (κ2) is 7.70. The molecule has 1 unspecified atom stereocenters. The first-order valence-corrected chi connectivity index (χ1v) is 8.70. The van der Waals surface area contributed by atoms with Crippen molar-refractivity contribution in [3.8, 4) is 0 Å². The van der Waals surface area contributed by atoms with E-state index in [-0.39, 0.29) is 17.5 Å². The molecule has 1 aromatic rings. The molecule has 21 heavy (non-hydrogen) atoms. The monoisotopic (exact) mass is 357 g/mol. The predicted octanol–water partition coefficient (Wildman–Crippen LogP) is 4.59. The molecular weight excluding hydrogens is 333 g/mol. The third kappa shape index (κ3) is 4.27. The molecule has 0 aliphatic heterocycles. The Hall–Kier alpha value is -0.450. The quantitative estimate of drug-likeness (QED) is 0.782. The van der Waals surface area contributed by atoms with Crippen LogP contribution in [0.2, 0.25) is 0 Å². The van der Waals surface area contributed by atoms with E-state index < -0.39 is 0 Å². The Kier molecular flexibility index (Phi) is 6.20. The molecule has 1 aromatic carbocycles. The summed E-state index contributed by atoms with van der Waals surface area (Å²) < 4.78 is 20.9. The molecule has 118 valence electrons. The fraction of sp³-hybridized carbons (Fsp3) is 0.647. The third-order valence-corrected chi connectivity index (χ3v) is 5.01. The molecule has 2 rings (SSSR count). The number of halogens is 2. The SMILES string of the molecule is CCOC1(C(N)Cc2ccc(Br)cc2F)CCCCCC1. The summed E-state index contributed by atoms with van der Waals surface area (Å²) in [5.41, 5.74) is 6.86. The van der Waals surface area contributed by atoms with E-state index in [1.807, 2.05) is 19.1 Å². The van der Waals surface area contributed by atoms with E-state index in [0.717, 1.165) is 30.2 Å². The van der Waals surface area contributed by atoms with Crippen LogP contribution in [0.5, 0.6) is 0 Å². The largest absolute Gasteiger partial charge is 0.374 e. The molecule has 2 N–H and O–H groups in total. The second-order valence-corrected chi connectivity index (χ2v) is 6.87.